The van der Waals surface area contributed by atoms with Crippen LogP contribution in [0.1, 0.15) is 24.6 Å². The fourth-order valence-electron chi connectivity index (χ4n) is 3.60. The van der Waals surface area contributed by atoms with Gasteiger partial charge in [0.1, 0.15) is 24.0 Å². The largest absolute Gasteiger partial charge is 0.487 e. The molecule has 1 aliphatic heterocycles. The van der Waals surface area contributed by atoms with Gasteiger partial charge in [-0.2, -0.15) is 5.26 Å². The Morgan fingerprint density at radius 2 is 2.15 bits per heavy atom. The molecule has 0 aliphatic carbocycles. The number of ether oxygens (including phenoxy) is 1. The number of carbonyl (C=O) groups is 1. The molecule has 1 saturated heterocycles. The van der Waals surface area contributed by atoms with Crippen molar-refractivity contribution in [1.29, 1.82) is 5.26 Å². The Morgan fingerprint density at radius 3 is 2.88 bits per heavy atom. The highest BCUT2D eigenvalue weighted by Gasteiger charge is 2.30. The molecule has 2 N–H and O–H groups in total. The molecule has 3 aromatic rings. The van der Waals surface area contributed by atoms with Gasteiger partial charge in [0.2, 0.25) is 5.95 Å². The van der Waals surface area contributed by atoms with E-state index in [0.717, 1.165) is 16.9 Å². The number of anilines is 2. The van der Waals surface area contributed by atoms with Crippen LogP contribution in [0, 0.1) is 18.3 Å². The summed E-state index contributed by atoms with van der Waals surface area (Å²) in [4.78, 5) is 26.6. The van der Waals surface area contributed by atoms with Gasteiger partial charge in [-0.25, -0.2) is 9.97 Å². The minimum absolute atomic E-state index is 0.233. The Kier molecular flexibility index (Phi) is 6.47. The van der Waals surface area contributed by atoms with E-state index in [1.54, 1.807) is 35.5 Å². The minimum atomic E-state index is -1.03. The van der Waals surface area contributed by atoms with Crippen molar-refractivity contribution in [2.24, 2.45) is 0 Å². The number of benzene rings is 1. The lowest BCUT2D eigenvalue weighted by Crippen LogP contribution is -2.37. The Morgan fingerprint density at radius 1 is 1.30 bits per heavy atom. The number of amides is 1. The Labute approximate surface area is 191 Å². The molecule has 0 radical (unpaired) electrons. The number of aryl methyl sites for hydroxylation is 1. The predicted molar refractivity (Wildman–Crippen MR) is 122 cm³/mol. The predicted octanol–water partition coefficient (Wildman–Crippen LogP) is 2.82. The van der Waals surface area contributed by atoms with Gasteiger partial charge in [0, 0.05) is 30.4 Å². The highest BCUT2D eigenvalue weighted by molar-refractivity contribution is 5.80. The van der Waals surface area contributed by atoms with Crippen LogP contribution >= 0.6 is 0 Å². The first-order valence-corrected chi connectivity index (χ1v) is 10.6. The number of aliphatic hydroxyl groups excluding tert-OH is 1. The molecule has 2 atom stereocenters. The zero-order valence-electron chi connectivity index (χ0n) is 18.4. The molecule has 9 nitrogen and oxygen atoms in total. The number of aromatic nitrogens is 3. The van der Waals surface area contributed by atoms with Crippen molar-refractivity contribution in [2.45, 2.75) is 32.5 Å². The van der Waals surface area contributed by atoms with Gasteiger partial charge in [0.15, 0.2) is 0 Å². The van der Waals surface area contributed by atoms with Gasteiger partial charge in [-0.05, 0) is 50.2 Å². The van der Waals surface area contributed by atoms with Crippen molar-refractivity contribution in [3.8, 4) is 23.1 Å². The molecule has 0 bridgehead atoms. The molecule has 1 aliphatic rings. The van der Waals surface area contributed by atoms with Crippen molar-refractivity contribution >= 4 is 17.5 Å². The lowest BCUT2D eigenvalue weighted by Gasteiger charge is -2.19. The standard InChI is InChI=1S/C24H24N6O3/c1-15-3-5-19(13-27-15)28-24-26-9-7-21(29-24)17-4-6-22(18(11-17)12-25)33-20-8-10-30(14-20)23(32)16(2)31/h3-7,9,11,13,16,20,31H,8,10,14H2,1-2H3,(H,26,28,29)/t16-,20+/m0/s1. The van der Waals surface area contributed by atoms with Crippen LogP contribution in [0.15, 0.2) is 48.8 Å². The molecule has 0 spiro atoms. The van der Waals surface area contributed by atoms with E-state index in [1.807, 2.05) is 25.1 Å². The zero-order chi connectivity index (χ0) is 23.4. The summed E-state index contributed by atoms with van der Waals surface area (Å²) in [5.74, 6) is 0.563. The van der Waals surface area contributed by atoms with Gasteiger partial charge in [-0.15, -0.1) is 0 Å². The average Bonchev–Trinajstić information content (AvgIpc) is 3.29. The molecule has 1 aromatic carbocycles. The average molecular weight is 444 g/mol. The van der Waals surface area contributed by atoms with Crippen LogP contribution in [0.25, 0.3) is 11.3 Å². The van der Waals surface area contributed by atoms with Crippen LogP contribution in [-0.4, -0.2) is 56.2 Å². The molecule has 2 aromatic heterocycles. The molecular formula is C24H24N6O3. The van der Waals surface area contributed by atoms with Crippen molar-refractivity contribution in [3.05, 3.63) is 60.0 Å². The lowest BCUT2D eigenvalue weighted by atomic mass is 10.1. The van der Waals surface area contributed by atoms with E-state index in [1.165, 1.54) is 6.92 Å². The molecule has 0 unspecified atom stereocenters. The SMILES string of the molecule is Cc1ccc(Nc2nccc(-c3ccc(O[C@@H]4CCN(C(=O)[C@H](C)O)C4)c(C#N)c3)n2)cn1. The van der Waals surface area contributed by atoms with Crippen LogP contribution in [0.3, 0.4) is 0 Å². The van der Waals surface area contributed by atoms with Crippen molar-refractivity contribution in [3.63, 3.8) is 0 Å². The van der Waals surface area contributed by atoms with Gasteiger partial charge < -0.3 is 20.1 Å². The third-order valence-corrected chi connectivity index (χ3v) is 5.33. The highest BCUT2D eigenvalue weighted by Crippen LogP contribution is 2.28. The quantitative estimate of drug-likeness (QED) is 0.595. The number of carbonyl (C=O) groups excluding carboxylic acids is 1. The van der Waals surface area contributed by atoms with E-state index in [2.05, 4.69) is 26.3 Å². The topological polar surface area (TPSA) is 124 Å². The van der Waals surface area contributed by atoms with E-state index in [-0.39, 0.29) is 12.0 Å². The number of rotatable bonds is 6. The van der Waals surface area contributed by atoms with Crippen LogP contribution < -0.4 is 10.1 Å². The summed E-state index contributed by atoms with van der Waals surface area (Å²) in [6.45, 7) is 4.26. The molecule has 1 fully saturated rings. The molecule has 3 heterocycles. The lowest BCUT2D eigenvalue weighted by molar-refractivity contribution is -0.138. The summed E-state index contributed by atoms with van der Waals surface area (Å²) in [6, 6.07) is 13.0. The van der Waals surface area contributed by atoms with E-state index in [4.69, 9.17) is 4.74 Å². The number of likely N-dealkylation sites (tertiary alicyclic amines) is 1. The summed E-state index contributed by atoms with van der Waals surface area (Å²) in [6.07, 6.45) is 2.73. The summed E-state index contributed by atoms with van der Waals surface area (Å²) >= 11 is 0. The van der Waals surface area contributed by atoms with Crippen LogP contribution in [0.5, 0.6) is 5.75 Å². The van der Waals surface area contributed by atoms with Gasteiger partial charge >= 0.3 is 0 Å². The number of pyridine rings is 1. The Bertz CT molecular complexity index is 1190. The minimum Gasteiger partial charge on any atom is -0.487 e. The summed E-state index contributed by atoms with van der Waals surface area (Å²) in [7, 11) is 0. The molecule has 1 amide bonds. The summed E-state index contributed by atoms with van der Waals surface area (Å²) in [5, 5.41) is 22.3. The number of aliphatic hydroxyl groups is 1. The molecule has 9 heteroatoms. The second kappa shape index (κ2) is 9.63. The van der Waals surface area contributed by atoms with Crippen molar-refractivity contribution in [1.82, 2.24) is 19.9 Å². The van der Waals surface area contributed by atoms with Crippen molar-refractivity contribution < 1.29 is 14.6 Å². The maximum atomic E-state index is 12.0. The smallest absolute Gasteiger partial charge is 0.251 e. The second-order valence-electron chi connectivity index (χ2n) is 7.89. The number of hydrogen-bond acceptors (Lipinski definition) is 8. The monoisotopic (exact) mass is 444 g/mol. The first-order valence-electron chi connectivity index (χ1n) is 10.6. The molecule has 33 heavy (non-hydrogen) atoms. The Balaban J connectivity index is 1.49. The van der Waals surface area contributed by atoms with Gasteiger partial charge in [0.05, 0.1) is 29.7 Å². The highest BCUT2D eigenvalue weighted by atomic mass is 16.5. The third kappa shape index (κ3) is 5.25. The maximum Gasteiger partial charge on any atom is 0.251 e. The molecule has 4 rings (SSSR count). The number of nitrogens with one attached hydrogen (secondary N) is 1. The van der Waals surface area contributed by atoms with Crippen molar-refractivity contribution in [2.75, 3.05) is 18.4 Å². The second-order valence-corrected chi connectivity index (χ2v) is 7.89. The van der Waals surface area contributed by atoms with Gasteiger partial charge in [0.25, 0.3) is 5.91 Å². The maximum absolute atomic E-state index is 12.0. The number of nitriles is 1. The van der Waals surface area contributed by atoms with Crippen LogP contribution in [0.2, 0.25) is 0 Å². The first kappa shape index (κ1) is 22.2. The molecular weight excluding hydrogens is 420 g/mol. The summed E-state index contributed by atoms with van der Waals surface area (Å²) < 4.78 is 6.01. The fraction of sp³-hybridized carbons (Fsp3) is 0.292. The fourth-order valence-corrected chi connectivity index (χ4v) is 3.60. The normalized spacial score (nSPS) is 16.2. The molecule has 168 valence electrons. The Hall–Kier alpha value is -4.03. The van der Waals surface area contributed by atoms with E-state index >= 15 is 0 Å². The third-order valence-electron chi connectivity index (χ3n) is 5.33. The van der Waals surface area contributed by atoms with Gasteiger partial charge in [-0.3, -0.25) is 9.78 Å². The zero-order valence-corrected chi connectivity index (χ0v) is 18.4. The van der Waals surface area contributed by atoms with E-state index in [0.29, 0.717) is 42.5 Å². The number of nitrogens with zero attached hydrogens (tertiary/aromatic N) is 5. The number of hydrogen-bond donors (Lipinski definition) is 2. The van der Waals surface area contributed by atoms with Gasteiger partial charge in [-0.1, -0.05) is 0 Å². The van der Waals surface area contributed by atoms with Crippen LogP contribution in [-0.2, 0) is 4.79 Å². The summed E-state index contributed by atoms with van der Waals surface area (Å²) in [5.41, 5.74) is 3.48. The van der Waals surface area contributed by atoms with E-state index in [9.17, 15) is 15.2 Å². The molecule has 0 saturated carbocycles. The van der Waals surface area contributed by atoms with Crippen LogP contribution in [0.4, 0.5) is 11.6 Å². The van der Waals surface area contributed by atoms with E-state index < -0.39 is 6.10 Å². The first-order chi connectivity index (χ1) is 15.9.